The molecule has 0 saturated carbocycles. The van der Waals surface area contributed by atoms with Gasteiger partial charge in [0.25, 0.3) is 5.91 Å². The van der Waals surface area contributed by atoms with E-state index in [0.717, 1.165) is 39.3 Å². The van der Waals surface area contributed by atoms with E-state index in [-0.39, 0.29) is 10.8 Å². The predicted octanol–water partition coefficient (Wildman–Crippen LogP) is 0.383. The number of hydrogen-bond acceptors (Lipinski definition) is 6. The minimum Gasteiger partial charge on any atom is -0.379 e. The Labute approximate surface area is 173 Å². The summed E-state index contributed by atoms with van der Waals surface area (Å²) in [5, 5.41) is 2.91. The molecule has 0 spiro atoms. The number of morpholine rings is 1. The number of carbonyl (C=O) groups excluding carboxylic acids is 1. The number of nitrogens with one attached hydrogen (secondary N) is 1. The second-order valence-corrected chi connectivity index (χ2v) is 9.66. The van der Waals surface area contributed by atoms with E-state index in [1.807, 2.05) is 7.05 Å². The minimum absolute atomic E-state index is 0.225. The van der Waals surface area contributed by atoms with Crippen molar-refractivity contribution >= 4 is 15.9 Å². The number of hydrogen-bond donors (Lipinski definition) is 1. The highest BCUT2D eigenvalue weighted by Crippen LogP contribution is 2.22. The Hall–Kier alpha value is -1.52. The van der Waals surface area contributed by atoms with Crippen molar-refractivity contribution in [3.63, 3.8) is 0 Å². The van der Waals surface area contributed by atoms with Gasteiger partial charge in [0, 0.05) is 51.4 Å². The normalized spacial score (nSPS) is 19.9. The lowest BCUT2D eigenvalue weighted by Crippen LogP contribution is -2.47. The first-order chi connectivity index (χ1) is 13.9. The Balaban J connectivity index is 1.59. The molecule has 0 atom stereocenters. The maximum atomic E-state index is 13.1. The average molecular weight is 425 g/mol. The number of piperazine rings is 1. The maximum Gasteiger partial charge on any atom is 0.251 e. The number of amides is 1. The molecule has 0 aromatic heterocycles. The number of carbonyl (C=O) groups is 1. The molecule has 8 nitrogen and oxygen atoms in total. The SMILES string of the molecule is Cc1ccc(C(=O)NCCCN2CCOCC2)cc1S(=O)(=O)N1CCN(C)CC1. The molecule has 162 valence electrons. The summed E-state index contributed by atoms with van der Waals surface area (Å²) < 4.78 is 33.0. The first kappa shape index (κ1) is 22.2. The summed E-state index contributed by atoms with van der Waals surface area (Å²) in [7, 11) is -1.62. The molecule has 1 aromatic carbocycles. The zero-order valence-electron chi connectivity index (χ0n) is 17.4. The molecule has 1 aromatic rings. The van der Waals surface area contributed by atoms with Crippen LogP contribution in [-0.4, -0.2) is 101 Å². The van der Waals surface area contributed by atoms with Crippen LogP contribution in [-0.2, 0) is 14.8 Å². The van der Waals surface area contributed by atoms with Crippen LogP contribution >= 0.6 is 0 Å². The summed E-state index contributed by atoms with van der Waals surface area (Å²) in [6.07, 6.45) is 0.851. The van der Waals surface area contributed by atoms with Crippen LogP contribution in [0.5, 0.6) is 0 Å². The van der Waals surface area contributed by atoms with Crippen LogP contribution in [0.15, 0.2) is 23.1 Å². The summed E-state index contributed by atoms with van der Waals surface area (Å²) >= 11 is 0. The molecule has 2 saturated heterocycles. The van der Waals surface area contributed by atoms with Gasteiger partial charge < -0.3 is 15.0 Å². The summed E-state index contributed by atoms with van der Waals surface area (Å²) in [6, 6.07) is 4.92. The lowest BCUT2D eigenvalue weighted by atomic mass is 10.1. The molecule has 3 rings (SSSR count). The van der Waals surface area contributed by atoms with Gasteiger partial charge in [0.2, 0.25) is 10.0 Å². The van der Waals surface area contributed by atoms with Gasteiger partial charge in [0.15, 0.2) is 0 Å². The molecule has 9 heteroatoms. The van der Waals surface area contributed by atoms with Gasteiger partial charge in [-0.1, -0.05) is 6.07 Å². The van der Waals surface area contributed by atoms with Crippen molar-refractivity contribution in [2.75, 3.05) is 72.6 Å². The fourth-order valence-electron chi connectivity index (χ4n) is 3.62. The molecule has 2 heterocycles. The van der Waals surface area contributed by atoms with Crippen LogP contribution < -0.4 is 5.32 Å². The second-order valence-electron chi connectivity index (χ2n) is 7.75. The number of sulfonamides is 1. The van der Waals surface area contributed by atoms with Crippen molar-refractivity contribution in [3.05, 3.63) is 29.3 Å². The Morgan fingerprint density at radius 2 is 1.79 bits per heavy atom. The van der Waals surface area contributed by atoms with Crippen molar-refractivity contribution in [1.29, 1.82) is 0 Å². The van der Waals surface area contributed by atoms with Crippen LogP contribution in [0.25, 0.3) is 0 Å². The van der Waals surface area contributed by atoms with Gasteiger partial charge in [-0.15, -0.1) is 0 Å². The number of rotatable bonds is 7. The monoisotopic (exact) mass is 424 g/mol. The highest BCUT2D eigenvalue weighted by atomic mass is 32.2. The number of nitrogens with zero attached hydrogens (tertiary/aromatic N) is 3. The molecular formula is C20H32N4O4S. The van der Waals surface area contributed by atoms with Crippen molar-refractivity contribution in [2.45, 2.75) is 18.2 Å². The van der Waals surface area contributed by atoms with Crippen molar-refractivity contribution in [3.8, 4) is 0 Å². The van der Waals surface area contributed by atoms with E-state index in [1.165, 1.54) is 10.4 Å². The van der Waals surface area contributed by atoms with Gasteiger partial charge in [-0.2, -0.15) is 4.31 Å². The first-order valence-corrected chi connectivity index (χ1v) is 11.7. The maximum absolute atomic E-state index is 13.1. The lowest BCUT2D eigenvalue weighted by Gasteiger charge is -2.32. The zero-order chi connectivity index (χ0) is 20.9. The number of benzene rings is 1. The van der Waals surface area contributed by atoms with E-state index in [0.29, 0.717) is 43.9 Å². The van der Waals surface area contributed by atoms with Gasteiger partial charge in [0.1, 0.15) is 0 Å². The molecule has 0 radical (unpaired) electrons. The zero-order valence-corrected chi connectivity index (χ0v) is 18.2. The Kier molecular flexibility index (Phi) is 7.64. The van der Waals surface area contributed by atoms with Gasteiger partial charge >= 0.3 is 0 Å². The van der Waals surface area contributed by atoms with E-state index in [4.69, 9.17) is 4.74 Å². The molecule has 29 heavy (non-hydrogen) atoms. The Bertz CT molecular complexity index is 801. The highest BCUT2D eigenvalue weighted by Gasteiger charge is 2.29. The predicted molar refractivity (Wildman–Crippen MR) is 112 cm³/mol. The molecule has 2 fully saturated rings. The third-order valence-corrected chi connectivity index (χ3v) is 7.61. The van der Waals surface area contributed by atoms with Gasteiger partial charge in [0.05, 0.1) is 18.1 Å². The van der Waals surface area contributed by atoms with Gasteiger partial charge in [-0.05, 0) is 44.6 Å². The van der Waals surface area contributed by atoms with E-state index in [1.54, 1.807) is 19.1 Å². The van der Waals surface area contributed by atoms with E-state index in [9.17, 15) is 13.2 Å². The van der Waals surface area contributed by atoms with Crippen molar-refractivity contribution in [1.82, 2.24) is 19.4 Å². The van der Waals surface area contributed by atoms with E-state index < -0.39 is 10.0 Å². The summed E-state index contributed by atoms with van der Waals surface area (Å²) in [6.45, 7) is 8.99. The smallest absolute Gasteiger partial charge is 0.251 e. The lowest BCUT2D eigenvalue weighted by molar-refractivity contribution is 0.0374. The average Bonchev–Trinajstić information content (AvgIpc) is 2.72. The van der Waals surface area contributed by atoms with Crippen LogP contribution in [0.4, 0.5) is 0 Å². The quantitative estimate of drug-likeness (QED) is 0.638. The fraction of sp³-hybridized carbons (Fsp3) is 0.650. The van der Waals surface area contributed by atoms with E-state index >= 15 is 0 Å². The van der Waals surface area contributed by atoms with Crippen LogP contribution in [0.3, 0.4) is 0 Å². The first-order valence-electron chi connectivity index (χ1n) is 10.3. The molecule has 0 unspecified atom stereocenters. The number of ether oxygens (including phenoxy) is 1. The second kappa shape index (κ2) is 9.99. The van der Waals surface area contributed by atoms with Gasteiger partial charge in [-0.3, -0.25) is 9.69 Å². The Morgan fingerprint density at radius 1 is 1.10 bits per heavy atom. The van der Waals surface area contributed by atoms with Crippen LogP contribution in [0, 0.1) is 6.92 Å². The minimum atomic E-state index is -3.60. The molecular weight excluding hydrogens is 392 g/mol. The van der Waals surface area contributed by atoms with Crippen LogP contribution in [0.2, 0.25) is 0 Å². The molecule has 2 aliphatic heterocycles. The third kappa shape index (κ3) is 5.76. The van der Waals surface area contributed by atoms with Gasteiger partial charge in [-0.25, -0.2) is 8.42 Å². The molecule has 1 N–H and O–H groups in total. The fourth-order valence-corrected chi connectivity index (χ4v) is 5.29. The topological polar surface area (TPSA) is 82.2 Å². The van der Waals surface area contributed by atoms with Crippen molar-refractivity contribution < 1.29 is 17.9 Å². The number of aryl methyl sites for hydroxylation is 1. The van der Waals surface area contributed by atoms with E-state index in [2.05, 4.69) is 15.1 Å². The highest BCUT2D eigenvalue weighted by molar-refractivity contribution is 7.89. The standard InChI is InChI=1S/C20H32N4O4S/c1-17-4-5-18(20(25)21-6-3-7-23-12-14-28-15-13-23)16-19(17)29(26,27)24-10-8-22(2)9-11-24/h4-5,16H,3,6-15H2,1-2H3,(H,21,25). The summed E-state index contributed by atoms with van der Waals surface area (Å²) in [5.41, 5.74) is 1.04. The third-order valence-electron chi connectivity index (χ3n) is 5.57. The van der Waals surface area contributed by atoms with Crippen LogP contribution in [0.1, 0.15) is 22.3 Å². The molecule has 0 bridgehead atoms. The molecule has 2 aliphatic rings. The Morgan fingerprint density at radius 3 is 2.48 bits per heavy atom. The summed E-state index contributed by atoms with van der Waals surface area (Å²) in [5.74, 6) is -0.234. The summed E-state index contributed by atoms with van der Waals surface area (Å²) in [4.78, 5) is 17.2. The molecule has 1 amide bonds. The molecule has 0 aliphatic carbocycles. The van der Waals surface area contributed by atoms with Crippen molar-refractivity contribution in [2.24, 2.45) is 0 Å². The largest absolute Gasteiger partial charge is 0.379 e. The number of likely N-dealkylation sites (N-methyl/N-ethyl adjacent to an activating group) is 1.